The molecule has 0 saturated heterocycles. The average Bonchev–Trinajstić information content (AvgIpc) is 2.84. The first kappa shape index (κ1) is 12.8. The fraction of sp³-hybridized carbons (Fsp3) is 0.333. The summed E-state index contributed by atoms with van der Waals surface area (Å²) in [7, 11) is -0.777. The van der Waals surface area contributed by atoms with E-state index in [-0.39, 0.29) is 0 Å². The lowest BCUT2D eigenvalue weighted by Gasteiger charge is -2.09. The van der Waals surface area contributed by atoms with Gasteiger partial charge in [0, 0.05) is 52.5 Å². The average molecular weight is 264 g/mol. The Labute approximate surface area is 109 Å². The normalized spacial score (nSPS) is 12.5. The van der Waals surface area contributed by atoms with Gasteiger partial charge >= 0.3 is 0 Å². The first-order valence-corrected chi connectivity index (χ1v) is 7.26. The summed E-state index contributed by atoms with van der Waals surface area (Å²) >= 11 is 0. The second-order valence-corrected chi connectivity index (χ2v) is 5.73. The van der Waals surface area contributed by atoms with Gasteiger partial charge in [-0.05, 0) is 6.07 Å². The van der Waals surface area contributed by atoms with Crippen molar-refractivity contribution in [2.75, 3.05) is 17.2 Å². The van der Waals surface area contributed by atoms with E-state index in [2.05, 4.69) is 9.97 Å². The van der Waals surface area contributed by atoms with Crippen molar-refractivity contribution in [3.8, 4) is 11.3 Å². The van der Waals surface area contributed by atoms with Crippen LogP contribution in [-0.2, 0) is 17.3 Å². The number of nitrogen functional groups attached to an aromatic ring is 1. The van der Waals surface area contributed by atoms with Crippen molar-refractivity contribution in [3.05, 3.63) is 31.0 Å². The Morgan fingerprint density at radius 3 is 2.94 bits per heavy atom. The number of nitrogens with zero attached hydrogens (tertiary/aromatic N) is 3. The van der Waals surface area contributed by atoms with Crippen molar-refractivity contribution in [1.82, 2.24) is 14.5 Å². The van der Waals surface area contributed by atoms with Crippen molar-refractivity contribution < 1.29 is 4.21 Å². The molecule has 18 heavy (non-hydrogen) atoms. The molecule has 2 aromatic heterocycles. The van der Waals surface area contributed by atoms with Gasteiger partial charge in [0.05, 0.1) is 18.2 Å². The van der Waals surface area contributed by atoms with Crippen LogP contribution in [-0.4, -0.2) is 30.2 Å². The molecule has 1 unspecified atom stereocenters. The van der Waals surface area contributed by atoms with Crippen molar-refractivity contribution in [1.29, 1.82) is 0 Å². The third kappa shape index (κ3) is 2.76. The van der Waals surface area contributed by atoms with Gasteiger partial charge < -0.3 is 10.3 Å². The third-order valence-corrected chi connectivity index (χ3v) is 4.01. The van der Waals surface area contributed by atoms with E-state index in [0.717, 1.165) is 11.3 Å². The largest absolute Gasteiger partial charge is 0.398 e. The molecule has 2 heterocycles. The van der Waals surface area contributed by atoms with Gasteiger partial charge in [0.25, 0.3) is 0 Å². The molecule has 2 rings (SSSR count). The minimum absolute atomic E-state index is 0.625. The van der Waals surface area contributed by atoms with Crippen LogP contribution < -0.4 is 5.73 Å². The van der Waals surface area contributed by atoms with Crippen molar-refractivity contribution in [2.24, 2.45) is 0 Å². The minimum Gasteiger partial charge on any atom is -0.398 e. The van der Waals surface area contributed by atoms with Crippen molar-refractivity contribution in [2.45, 2.75) is 13.5 Å². The number of hydrogen-bond donors (Lipinski definition) is 1. The SMILES string of the molecule is CCS(=O)CCn1cncc1-c1cnccc1N. The zero-order valence-electron chi connectivity index (χ0n) is 10.2. The Bertz CT molecular complexity index is 553. The molecule has 0 aliphatic rings. The number of anilines is 1. The number of hydrogen-bond acceptors (Lipinski definition) is 4. The molecule has 5 nitrogen and oxygen atoms in total. The molecule has 0 aliphatic carbocycles. The van der Waals surface area contributed by atoms with E-state index in [1.807, 2.05) is 11.5 Å². The molecular formula is C12H16N4OS. The van der Waals surface area contributed by atoms with Crippen LogP contribution >= 0.6 is 0 Å². The summed E-state index contributed by atoms with van der Waals surface area (Å²) in [6, 6.07) is 1.76. The molecule has 2 aromatic rings. The number of aromatic nitrogens is 3. The van der Waals surface area contributed by atoms with E-state index in [0.29, 0.717) is 23.7 Å². The maximum Gasteiger partial charge on any atom is 0.0951 e. The number of imidazole rings is 1. The molecule has 96 valence electrons. The predicted molar refractivity (Wildman–Crippen MR) is 73.4 cm³/mol. The molecule has 0 aliphatic heterocycles. The van der Waals surface area contributed by atoms with Crippen LogP contribution in [0.2, 0.25) is 0 Å². The highest BCUT2D eigenvalue weighted by atomic mass is 32.2. The first-order chi connectivity index (χ1) is 8.72. The van der Waals surface area contributed by atoms with E-state index in [9.17, 15) is 4.21 Å². The summed E-state index contributed by atoms with van der Waals surface area (Å²) in [5.41, 5.74) is 8.36. The van der Waals surface area contributed by atoms with Crippen molar-refractivity contribution >= 4 is 16.5 Å². The molecule has 0 bridgehead atoms. The molecular weight excluding hydrogens is 248 g/mol. The van der Waals surface area contributed by atoms with Crippen molar-refractivity contribution in [3.63, 3.8) is 0 Å². The van der Waals surface area contributed by atoms with Gasteiger partial charge in [-0.15, -0.1) is 0 Å². The third-order valence-electron chi connectivity index (χ3n) is 2.72. The second-order valence-electron chi connectivity index (χ2n) is 3.87. The zero-order valence-corrected chi connectivity index (χ0v) is 11.1. The quantitative estimate of drug-likeness (QED) is 0.883. The molecule has 0 aromatic carbocycles. The maximum atomic E-state index is 11.5. The van der Waals surface area contributed by atoms with Gasteiger partial charge in [-0.25, -0.2) is 4.98 Å². The molecule has 2 N–H and O–H groups in total. The summed E-state index contributed by atoms with van der Waals surface area (Å²) in [4.78, 5) is 8.20. The Morgan fingerprint density at radius 1 is 1.39 bits per heavy atom. The summed E-state index contributed by atoms with van der Waals surface area (Å²) in [5.74, 6) is 1.30. The molecule has 1 atom stereocenters. The topological polar surface area (TPSA) is 73.8 Å². The van der Waals surface area contributed by atoms with Crippen LogP contribution in [0.3, 0.4) is 0 Å². The lowest BCUT2D eigenvalue weighted by Crippen LogP contribution is -2.09. The lowest BCUT2D eigenvalue weighted by molar-refractivity contribution is 0.675. The fourth-order valence-electron chi connectivity index (χ4n) is 1.69. The molecule has 0 spiro atoms. The fourth-order valence-corrected chi connectivity index (χ4v) is 2.38. The number of aryl methyl sites for hydroxylation is 1. The monoisotopic (exact) mass is 264 g/mol. The number of pyridine rings is 1. The molecule has 0 saturated carbocycles. The van der Waals surface area contributed by atoms with Gasteiger partial charge in [-0.1, -0.05) is 6.92 Å². The van der Waals surface area contributed by atoms with E-state index in [4.69, 9.17) is 5.73 Å². The molecule has 6 heteroatoms. The van der Waals surface area contributed by atoms with Gasteiger partial charge in [0.2, 0.25) is 0 Å². The molecule has 0 fully saturated rings. The van der Waals surface area contributed by atoms with Crippen LogP contribution in [0.1, 0.15) is 6.92 Å². The van der Waals surface area contributed by atoms with Crippen LogP contribution in [0.25, 0.3) is 11.3 Å². The Balaban J connectivity index is 2.23. The summed E-state index contributed by atoms with van der Waals surface area (Å²) in [6.07, 6.45) is 6.86. The van der Waals surface area contributed by atoms with Crippen LogP contribution in [0.4, 0.5) is 5.69 Å². The summed E-state index contributed by atoms with van der Waals surface area (Å²) in [6.45, 7) is 2.59. The van der Waals surface area contributed by atoms with Crippen LogP contribution in [0, 0.1) is 0 Å². The minimum atomic E-state index is -0.777. The highest BCUT2D eigenvalue weighted by Crippen LogP contribution is 2.23. The van der Waals surface area contributed by atoms with E-state index < -0.39 is 10.8 Å². The van der Waals surface area contributed by atoms with Crippen LogP contribution in [0.15, 0.2) is 31.0 Å². The van der Waals surface area contributed by atoms with Crippen LogP contribution in [0.5, 0.6) is 0 Å². The van der Waals surface area contributed by atoms with Gasteiger partial charge in [-0.3, -0.25) is 9.19 Å². The van der Waals surface area contributed by atoms with E-state index >= 15 is 0 Å². The number of nitrogens with two attached hydrogens (primary N) is 1. The predicted octanol–water partition coefficient (Wildman–Crippen LogP) is 1.30. The zero-order chi connectivity index (χ0) is 13.0. The summed E-state index contributed by atoms with van der Waals surface area (Å²) < 4.78 is 13.4. The standard InChI is InChI=1S/C12H16N4OS/c1-2-18(17)6-5-16-9-15-8-12(16)10-7-14-4-3-11(10)13/h3-4,7-9H,2,5-6H2,1H3,(H2,13,14). The van der Waals surface area contributed by atoms with Gasteiger partial charge in [0.15, 0.2) is 0 Å². The lowest BCUT2D eigenvalue weighted by atomic mass is 10.2. The highest BCUT2D eigenvalue weighted by molar-refractivity contribution is 7.84. The smallest absolute Gasteiger partial charge is 0.0951 e. The Kier molecular flexibility index (Phi) is 4.09. The van der Waals surface area contributed by atoms with Gasteiger partial charge in [-0.2, -0.15) is 0 Å². The second kappa shape index (κ2) is 5.77. The van der Waals surface area contributed by atoms with E-state index in [1.54, 1.807) is 31.0 Å². The first-order valence-electron chi connectivity index (χ1n) is 5.77. The molecule has 0 radical (unpaired) electrons. The summed E-state index contributed by atoms with van der Waals surface area (Å²) in [5, 5.41) is 0. The van der Waals surface area contributed by atoms with Gasteiger partial charge in [0.1, 0.15) is 0 Å². The highest BCUT2D eigenvalue weighted by Gasteiger charge is 2.09. The number of rotatable bonds is 5. The Morgan fingerprint density at radius 2 is 2.22 bits per heavy atom. The molecule has 0 amide bonds. The van der Waals surface area contributed by atoms with E-state index in [1.165, 1.54) is 0 Å². The Hall–Kier alpha value is -1.69. The maximum absolute atomic E-state index is 11.5.